The van der Waals surface area contributed by atoms with Crippen LogP contribution in [0.5, 0.6) is 0 Å². The molecule has 2 aliphatic carbocycles. The highest BCUT2D eigenvalue weighted by Crippen LogP contribution is 2.45. The van der Waals surface area contributed by atoms with Crippen LogP contribution in [0, 0.1) is 18.7 Å². The quantitative estimate of drug-likeness (QED) is 0.232. The van der Waals surface area contributed by atoms with Gasteiger partial charge in [-0.15, -0.1) is 0 Å². The number of nitrogens with two attached hydrogens (primary N) is 1. The minimum atomic E-state index is -0.999. The van der Waals surface area contributed by atoms with E-state index >= 15 is 4.39 Å². The Morgan fingerprint density at radius 3 is 2.67 bits per heavy atom. The van der Waals surface area contributed by atoms with Crippen molar-refractivity contribution in [3.63, 3.8) is 0 Å². The van der Waals surface area contributed by atoms with Gasteiger partial charge in [0, 0.05) is 31.0 Å². The summed E-state index contributed by atoms with van der Waals surface area (Å²) in [5.41, 5.74) is 12.5. The van der Waals surface area contributed by atoms with Crippen LogP contribution in [0.3, 0.4) is 0 Å². The molecule has 228 valence electrons. The predicted molar refractivity (Wildman–Crippen MR) is 166 cm³/mol. The molecule has 2 aliphatic rings. The van der Waals surface area contributed by atoms with E-state index in [9.17, 15) is 5.11 Å². The van der Waals surface area contributed by atoms with E-state index in [1.54, 1.807) is 29.2 Å². The van der Waals surface area contributed by atoms with Crippen molar-refractivity contribution in [3.8, 4) is 11.3 Å². The largest absolute Gasteiger partial charge is 0.356 e. The molecule has 2 fully saturated rings. The fraction of sp³-hybridized carbons (Fsp3) is 0.485. The lowest BCUT2D eigenvalue weighted by Gasteiger charge is -2.44. The van der Waals surface area contributed by atoms with Crippen molar-refractivity contribution >= 4 is 17.2 Å². The number of aromatic nitrogens is 4. The number of imidazole rings is 1. The topological polar surface area (TPSA) is 114 Å². The number of halogens is 1. The number of methoxy groups -OCH3 is 1. The zero-order valence-corrected chi connectivity index (χ0v) is 25.6. The number of hydrogen-bond acceptors (Lipinski definition) is 8. The van der Waals surface area contributed by atoms with Crippen LogP contribution >= 0.6 is 0 Å². The fourth-order valence-corrected chi connectivity index (χ4v) is 7.35. The summed E-state index contributed by atoms with van der Waals surface area (Å²) in [6.45, 7) is 6.34. The molecule has 0 spiro atoms. The molecule has 3 heterocycles. The molecule has 0 saturated heterocycles. The molecule has 0 aliphatic heterocycles. The molecule has 0 amide bonds. The zero-order chi connectivity index (χ0) is 30.5. The van der Waals surface area contributed by atoms with Gasteiger partial charge in [-0.05, 0) is 97.9 Å². The standard InChI is InChI=1S/C33H42FN7O2/c1-19-14-22(33(3)10-6-11-33)16-25(34)29(19)27-8-7-23-17-37-31(41(23)39-27)38-28-18-36-12-9-24(28)21-13-20(2)30(26(35)15-21)40(4)32(42)43-5/h7-9,12,14,16-18,20-21,26,30,32,42H,6,10-11,13,15,35H2,1-5H3,(H,37,38). The Labute approximate surface area is 252 Å². The van der Waals surface area contributed by atoms with Gasteiger partial charge in [0.25, 0.3) is 0 Å². The minimum absolute atomic E-state index is 0.0159. The Morgan fingerprint density at radius 2 is 2.00 bits per heavy atom. The van der Waals surface area contributed by atoms with E-state index in [-0.39, 0.29) is 35.2 Å². The monoisotopic (exact) mass is 587 g/mol. The van der Waals surface area contributed by atoms with Crippen molar-refractivity contribution in [3.05, 3.63) is 71.4 Å². The lowest BCUT2D eigenvalue weighted by Crippen LogP contribution is -2.56. The molecule has 3 aromatic heterocycles. The maximum absolute atomic E-state index is 15.6. The van der Waals surface area contributed by atoms with Gasteiger partial charge >= 0.3 is 0 Å². The number of anilines is 2. The van der Waals surface area contributed by atoms with Crippen LogP contribution in [0.25, 0.3) is 16.8 Å². The third-order valence-corrected chi connectivity index (χ3v) is 9.89. The third kappa shape index (κ3) is 5.42. The molecular weight excluding hydrogens is 545 g/mol. The second kappa shape index (κ2) is 11.6. The molecule has 2 saturated carbocycles. The van der Waals surface area contributed by atoms with Gasteiger partial charge in [-0.3, -0.25) is 9.88 Å². The van der Waals surface area contributed by atoms with Crippen molar-refractivity contribution in [2.24, 2.45) is 11.7 Å². The van der Waals surface area contributed by atoms with Gasteiger partial charge in [0.2, 0.25) is 12.4 Å². The number of nitrogens with zero attached hydrogens (tertiary/aromatic N) is 5. The smallest absolute Gasteiger partial charge is 0.229 e. The molecule has 4 N–H and O–H groups in total. The van der Waals surface area contributed by atoms with Gasteiger partial charge in [0.05, 0.1) is 29.3 Å². The third-order valence-electron chi connectivity index (χ3n) is 9.89. The number of aryl methyl sites for hydroxylation is 1. The van der Waals surface area contributed by atoms with Crippen LogP contribution in [0.2, 0.25) is 0 Å². The predicted octanol–water partition coefficient (Wildman–Crippen LogP) is 5.49. The molecule has 4 aromatic rings. The summed E-state index contributed by atoms with van der Waals surface area (Å²) in [7, 11) is 3.33. The number of fused-ring (bicyclic) bond motifs is 1. The van der Waals surface area contributed by atoms with Gasteiger partial charge in [-0.1, -0.05) is 26.3 Å². The van der Waals surface area contributed by atoms with E-state index in [1.165, 1.54) is 13.5 Å². The zero-order valence-electron chi connectivity index (χ0n) is 25.6. The second-order valence-corrected chi connectivity index (χ2v) is 12.8. The number of rotatable bonds is 8. The summed E-state index contributed by atoms with van der Waals surface area (Å²) in [5, 5.41) is 18.5. The number of pyridine rings is 1. The first-order valence-electron chi connectivity index (χ1n) is 15.1. The van der Waals surface area contributed by atoms with E-state index in [1.807, 2.05) is 37.1 Å². The van der Waals surface area contributed by atoms with Gasteiger partial charge in [-0.25, -0.2) is 9.37 Å². The molecule has 6 rings (SSSR count). The Kier molecular flexibility index (Phi) is 7.97. The summed E-state index contributed by atoms with van der Waals surface area (Å²) < 4.78 is 22.5. The van der Waals surface area contributed by atoms with E-state index in [0.29, 0.717) is 17.2 Å². The SMILES string of the molecule is COC(O)N(C)C1C(C)CC(c2ccncc2Nc2ncc3ccc(-c4c(C)cc(C5(C)CCC5)cc4F)nn23)CC1N. The summed E-state index contributed by atoms with van der Waals surface area (Å²) in [6, 6.07) is 9.43. The van der Waals surface area contributed by atoms with Crippen LogP contribution in [0.15, 0.2) is 48.9 Å². The van der Waals surface area contributed by atoms with Crippen LogP contribution in [-0.2, 0) is 10.2 Å². The molecule has 1 aromatic carbocycles. The number of aliphatic hydroxyl groups excluding tert-OH is 1. The summed E-state index contributed by atoms with van der Waals surface area (Å²) in [6.07, 6.45) is 9.35. The molecule has 10 heteroatoms. The van der Waals surface area contributed by atoms with Crippen molar-refractivity contribution in [1.29, 1.82) is 0 Å². The number of ether oxygens (including phenoxy) is 1. The summed E-state index contributed by atoms with van der Waals surface area (Å²) >= 11 is 0. The summed E-state index contributed by atoms with van der Waals surface area (Å²) in [5.74, 6) is 0.681. The molecule has 0 radical (unpaired) electrons. The average Bonchev–Trinajstić information content (AvgIpc) is 3.36. The van der Waals surface area contributed by atoms with Gasteiger partial charge in [0.1, 0.15) is 5.82 Å². The molecular formula is C33H42FN7O2. The Hall–Kier alpha value is -3.44. The number of aliphatic hydroxyl groups is 1. The first-order valence-corrected chi connectivity index (χ1v) is 15.1. The first kappa shape index (κ1) is 29.6. The maximum Gasteiger partial charge on any atom is 0.229 e. The van der Waals surface area contributed by atoms with Crippen LogP contribution < -0.4 is 11.1 Å². The van der Waals surface area contributed by atoms with Crippen molar-refractivity contribution < 1.29 is 14.2 Å². The number of hydrogen-bond donors (Lipinski definition) is 3. The van der Waals surface area contributed by atoms with Crippen LogP contribution in [0.4, 0.5) is 16.0 Å². The van der Waals surface area contributed by atoms with E-state index in [4.69, 9.17) is 15.6 Å². The fourth-order valence-electron chi connectivity index (χ4n) is 7.35. The first-order chi connectivity index (χ1) is 20.6. The number of likely N-dealkylation sites (N-methyl/N-ethyl adjacent to an activating group) is 1. The van der Waals surface area contributed by atoms with Crippen molar-refractivity contribution in [2.45, 2.75) is 82.7 Å². The lowest BCUT2D eigenvalue weighted by atomic mass is 9.65. The Bertz CT molecular complexity index is 1590. The molecule has 9 nitrogen and oxygen atoms in total. The van der Waals surface area contributed by atoms with Crippen molar-refractivity contribution in [1.82, 2.24) is 24.5 Å². The Balaban J connectivity index is 1.28. The average molecular weight is 588 g/mol. The molecule has 43 heavy (non-hydrogen) atoms. The maximum atomic E-state index is 15.6. The molecule has 0 bridgehead atoms. The normalized spacial score (nSPS) is 24.2. The van der Waals surface area contributed by atoms with Crippen LogP contribution in [0.1, 0.15) is 68.6 Å². The van der Waals surface area contributed by atoms with Gasteiger partial charge in [0.15, 0.2) is 0 Å². The highest BCUT2D eigenvalue weighted by atomic mass is 19.1. The Morgan fingerprint density at radius 1 is 1.21 bits per heavy atom. The number of benzene rings is 1. The minimum Gasteiger partial charge on any atom is -0.356 e. The van der Waals surface area contributed by atoms with E-state index in [0.717, 1.165) is 53.6 Å². The second-order valence-electron chi connectivity index (χ2n) is 12.8. The highest BCUT2D eigenvalue weighted by molar-refractivity contribution is 5.68. The van der Waals surface area contributed by atoms with Crippen LogP contribution in [-0.4, -0.2) is 62.2 Å². The van der Waals surface area contributed by atoms with Gasteiger partial charge < -0.3 is 20.9 Å². The number of nitrogens with one attached hydrogen (secondary N) is 1. The van der Waals surface area contributed by atoms with Crippen molar-refractivity contribution in [2.75, 3.05) is 19.5 Å². The van der Waals surface area contributed by atoms with Gasteiger partial charge in [-0.2, -0.15) is 9.61 Å². The lowest BCUT2D eigenvalue weighted by molar-refractivity contribution is -0.191. The van der Waals surface area contributed by atoms with E-state index in [2.05, 4.69) is 35.2 Å². The highest BCUT2D eigenvalue weighted by Gasteiger charge is 2.39. The van der Waals surface area contributed by atoms with E-state index < -0.39 is 6.41 Å². The summed E-state index contributed by atoms with van der Waals surface area (Å²) in [4.78, 5) is 10.8. The molecule has 5 atom stereocenters. The molecule has 5 unspecified atom stereocenters.